The number of fused-ring (bicyclic) bond motifs is 1. The van der Waals surface area contributed by atoms with E-state index in [1.807, 2.05) is 59.8 Å². The van der Waals surface area contributed by atoms with Crippen LogP contribution in [0.1, 0.15) is 54.2 Å². The maximum atomic E-state index is 12.3. The van der Waals surface area contributed by atoms with Gasteiger partial charge in [-0.25, -0.2) is 9.50 Å². The van der Waals surface area contributed by atoms with Gasteiger partial charge in [0, 0.05) is 0 Å². The number of hydrogen-bond donors (Lipinski definition) is 2. The Morgan fingerprint density at radius 1 is 1.06 bits per heavy atom. The van der Waals surface area contributed by atoms with Crippen molar-refractivity contribution in [2.75, 3.05) is 32.2 Å². The highest BCUT2D eigenvalue weighted by atomic mass is 16.7. The molecule has 2 aromatic heterocycles. The van der Waals surface area contributed by atoms with Crippen LogP contribution in [0.25, 0.3) is 5.52 Å². The van der Waals surface area contributed by atoms with Crippen molar-refractivity contribution in [3.63, 3.8) is 0 Å². The van der Waals surface area contributed by atoms with Gasteiger partial charge in [0.2, 0.25) is 5.79 Å². The second-order valence-electron chi connectivity index (χ2n) is 10.0. The largest absolute Gasteiger partial charge is 0.382 e. The molecule has 0 aromatic carbocycles. The monoisotopic (exact) mass is 500 g/mol. The van der Waals surface area contributed by atoms with Crippen molar-refractivity contribution in [3.8, 4) is 0 Å². The van der Waals surface area contributed by atoms with E-state index in [-0.39, 0.29) is 13.2 Å². The molecule has 0 amide bonds. The molecule has 0 spiro atoms. The van der Waals surface area contributed by atoms with E-state index in [1.165, 1.54) is 10.8 Å². The number of rotatable bonds is 11. The minimum Gasteiger partial charge on any atom is -0.382 e. The lowest BCUT2D eigenvalue weighted by Gasteiger charge is -2.39. The van der Waals surface area contributed by atoms with Gasteiger partial charge < -0.3 is 29.8 Å². The molecule has 0 aliphatic carbocycles. The number of allylic oxidation sites excluding steroid dienone is 3. The summed E-state index contributed by atoms with van der Waals surface area (Å²) in [7, 11) is 0. The highest BCUT2D eigenvalue weighted by Gasteiger charge is 2.66. The van der Waals surface area contributed by atoms with E-state index >= 15 is 0 Å². The Morgan fingerprint density at radius 3 is 2.36 bits per heavy atom. The SMILES string of the molecule is CC(C)=CCOCC1OC(O)(c2ccc3c(N)ncnn23)C(C)(OCC=C(C)C)C1OCC=C(C)C. The summed E-state index contributed by atoms with van der Waals surface area (Å²) in [6.07, 6.45) is 6.00. The second kappa shape index (κ2) is 11.7. The molecule has 0 saturated carbocycles. The van der Waals surface area contributed by atoms with E-state index in [9.17, 15) is 5.11 Å². The van der Waals surface area contributed by atoms with E-state index in [4.69, 9.17) is 24.7 Å². The van der Waals surface area contributed by atoms with Crippen molar-refractivity contribution < 1.29 is 24.1 Å². The summed E-state index contributed by atoms with van der Waals surface area (Å²) in [5.74, 6) is -1.63. The lowest BCUT2D eigenvalue weighted by molar-refractivity contribution is -0.288. The predicted molar refractivity (Wildman–Crippen MR) is 139 cm³/mol. The standard InChI is InChI=1S/C27H40N4O5/c1-18(2)10-13-33-16-22-24(34-14-11-19(3)4)26(7,35-15-12-20(5)6)27(32,36-22)23-9-8-21-25(28)29-17-30-31(21)23/h8-12,17,22,24,32H,13-16H2,1-7H3,(H2,28,29,30). The van der Waals surface area contributed by atoms with Gasteiger partial charge in [0.1, 0.15) is 29.7 Å². The van der Waals surface area contributed by atoms with Crippen molar-refractivity contribution >= 4 is 11.3 Å². The van der Waals surface area contributed by atoms with Gasteiger partial charge in [-0.1, -0.05) is 34.9 Å². The molecule has 0 radical (unpaired) electrons. The van der Waals surface area contributed by atoms with Crippen molar-refractivity contribution in [2.45, 2.75) is 72.1 Å². The summed E-state index contributed by atoms with van der Waals surface area (Å²) < 4.78 is 26.6. The minimum atomic E-state index is -1.92. The molecule has 1 saturated heterocycles. The van der Waals surface area contributed by atoms with Gasteiger partial charge in [0.05, 0.1) is 26.4 Å². The Bertz CT molecular complexity index is 1130. The number of aromatic nitrogens is 3. The number of nitrogens with two attached hydrogens (primary N) is 1. The molecule has 3 N–H and O–H groups in total. The molecule has 9 nitrogen and oxygen atoms in total. The summed E-state index contributed by atoms with van der Waals surface area (Å²) in [5.41, 5.74) is 9.04. The average molecular weight is 501 g/mol. The van der Waals surface area contributed by atoms with E-state index in [2.05, 4.69) is 10.1 Å². The van der Waals surface area contributed by atoms with Gasteiger partial charge in [-0.2, -0.15) is 5.10 Å². The predicted octanol–water partition coefficient (Wildman–Crippen LogP) is 3.93. The topological polar surface area (TPSA) is 113 Å². The summed E-state index contributed by atoms with van der Waals surface area (Å²) in [6, 6.07) is 3.47. The molecule has 2 aromatic rings. The molecule has 4 unspecified atom stereocenters. The molecule has 198 valence electrons. The number of nitrogen functional groups attached to an aromatic ring is 1. The van der Waals surface area contributed by atoms with Crippen LogP contribution >= 0.6 is 0 Å². The van der Waals surface area contributed by atoms with Crippen LogP contribution in [-0.2, 0) is 24.7 Å². The fraction of sp³-hybridized carbons (Fsp3) is 0.556. The third-order valence-corrected chi connectivity index (χ3v) is 6.24. The maximum absolute atomic E-state index is 12.3. The van der Waals surface area contributed by atoms with Crippen LogP contribution < -0.4 is 5.73 Å². The van der Waals surface area contributed by atoms with E-state index < -0.39 is 23.6 Å². The first kappa shape index (κ1) is 28.0. The fourth-order valence-electron chi connectivity index (χ4n) is 4.15. The van der Waals surface area contributed by atoms with Crippen molar-refractivity contribution in [1.29, 1.82) is 0 Å². The van der Waals surface area contributed by atoms with Gasteiger partial charge in [-0.05, 0) is 60.6 Å². The molecule has 36 heavy (non-hydrogen) atoms. The lowest BCUT2D eigenvalue weighted by atomic mass is 9.87. The van der Waals surface area contributed by atoms with Gasteiger partial charge in [0.15, 0.2) is 11.4 Å². The van der Waals surface area contributed by atoms with Crippen LogP contribution in [0.3, 0.4) is 0 Å². The van der Waals surface area contributed by atoms with Crippen LogP contribution in [-0.4, -0.2) is 63.9 Å². The number of anilines is 1. The van der Waals surface area contributed by atoms with Crippen molar-refractivity contribution in [1.82, 2.24) is 14.6 Å². The summed E-state index contributed by atoms with van der Waals surface area (Å²) >= 11 is 0. The molecule has 3 rings (SSSR count). The Morgan fingerprint density at radius 2 is 1.69 bits per heavy atom. The van der Waals surface area contributed by atoms with Crippen LogP contribution in [0, 0.1) is 0 Å². The molecule has 3 heterocycles. The molecule has 0 bridgehead atoms. The van der Waals surface area contributed by atoms with Gasteiger partial charge in [0.25, 0.3) is 0 Å². The zero-order valence-electron chi connectivity index (χ0n) is 22.4. The van der Waals surface area contributed by atoms with Crippen LogP contribution in [0.4, 0.5) is 5.82 Å². The first-order valence-electron chi connectivity index (χ1n) is 12.2. The van der Waals surface area contributed by atoms with E-state index in [0.29, 0.717) is 30.2 Å². The summed E-state index contributed by atoms with van der Waals surface area (Å²) in [5, 5.41) is 16.6. The third kappa shape index (κ3) is 5.87. The van der Waals surface area contributed by atoms with Gasteiger partial charge >= 0.3 is 0 Å². The fourth-order valence-corrected chi connectivity index (χ4v) is 4.15. The van der Waals surface area contributed by atoms with Crippen LogP contribution in [0.15, 0.2) is 53.4 Å². The molecule has 1 fully saturated rings. The number of nitrogens with zero attached hydrogens (tertiary/aromatic N) is 3. The lowest BCUT2D eigenvalue weighted by Crippen LogP contribution is -2.56. The van der Waals surface area contributed by atoms with Crippen molar-refractivity contribution in [2.24, 2.45) is 0 Å². The molecule has 4 atom stereocenters. The Kier molecular flexibility index (Phi) is 9.08. The highest BCUT2D eigenvalue weighted by Crippen LogP contribution is 2.49. The van der Waals surface area contributed by atoms with E-state index in [1.54, 1.807) is 19.1 Å². The first-order valence-corrected chi connectivity index (χ1v) is 12.2. The summed E-state index contributed by atoms with van der Waals surface area (Å²) in [4.78, 5) is 4.05. The number of aliphatic hydroxyl groups is 1. The zero-order valence-corrected chi connectivity index (χ0v) is 22.4. The van der Waals surface area contributed by atoms with Crippen LogP contribution in [0.2, 0.25) is 0 Å². The molecular formula is C27H40N4O5. The quantitative estimate of drug-likeness (QED) is 0.352. The zero-order chi connectivity index (χ0) is 26.5. The normalized spacial score (nSPS) is 25.7. The molecule has 1 aliphatic rings. The Labute approximate surface area is 213 Å². The van der Waals surface area contributed by atoms with Gasteiger partial charge in [-0.3, -0.25) is 0 Å². The average Bonchev–Trinajstić information content (AvgIpc) is 3.31. The van der Waals surface area contributed by atoms with Crippen molar-refractivity contribution in [3.05, 3.63) is 59.1 Å². The smallest absolute Gasteiger partial charge is 0.243 e. The Hall–Kier alpha value is -2.56. The van der Waals surface area contributed by atoms with Gasteiger partial charge in [-0.15, -0.1) is 0 Å². The highest BCUT2D eigenvalue weighted by molar-refractivity contribution is 5.65. The molecule has 9 heteroatoms. The second-order valence-corrected chi connectivity index (χ2v) is 10.0. The number of ether oxygens (including phenoxy) is 4. The molecule has 1 aliphatic heterocycles. The Balaban J connectivity index is 2.07. The minimum absolute atomic E-state index is 0.202. The van der Waals surface area contributed by atoms with E-state index in [0.717, 1.165) is 16.7 Å². The number of hydrogen-bond acceptors (Lipinski definition) is 8. The third-order valence-electron chi connectivity index (χ3n) is 6.24. The van der Waals surface area contributed by atoms with Crippen LogP contribution in [0.5, 0.6) is 0 Å². The maximum Gasteiger partial charge on any atom is 0.243 e. The first-order chi connectivity index (χ1) is 17.0. The summed E-state index contributed by atoms with van der Waals surface area (Å²) in [6.45, 7) is 15.1. The molecular weight excluding hydrogens is 460 g/mol.